The first-order valence-corrected chi connectivity index (χ1v) is 7.22. The van der Waals surface area contributed by atoms with Crippen molar-refractivity contribution in [3.63, 3.8) is 0 Å². The molecule has 1 aromatic carbocycles. The summed E-state index contributed by atoms with van der Waals surface area (Å²) < 4.78 is 16.4. The van der Waals surface area contributed by atoms with Gasteiger partial charge in [-0.05, 0) is 26.0 Å². The first-order chi connectivity index (χ1) is 9.59. The summed E-state index contributed by atoms with van der Waals surface area (Å²) in [5.41, 5.74) is 6.39. The number of ether oxygens (including phenoxy) is 3. The topological polar surface area (TPSA) is 53.7 Å². The van der Waals surface area contributed by atoms with E-state index in [1.807, 2.05) is 38.1 Å². The van der Waals surface area contributed by atoms with Gasteiger partial charge >= 0.3 is 0 Å². The van der Waals surface area contributed by atoms with Crippen molar-refractivity contribution in [2.75, 3.05) is 26.4 Å². The average Bonchev–Trinajstić information content (AvgIpc) is 2.41. The van der Waals surface area contributed by atoms with E-state index in [0.717, 1.165) is 17.7 Å². The molecule has 0 aliphatic rings. The smallest absolute Gasteiger partial charge is 0.119 e. The molecule has 0 aliphatic heterocycles. The van der Waals surface area contributed by atoms with Crippen molar-refractivity contribution in [3.8, 4) is 5.75 Å². The summed E-state index contributed by atoms with van der Waals surface area (Å²) in [7, 11) is 0. The molecule has 1 rings (SSSR count). The van der Waals surface area contributed by atoms with Crippen LogP contribution in [-0.4, -0.2) is 37.5 Å². The van der Waals surface area contributed by atoms with Crippen molar-refractivity contribution >= 4 is 17.2 Å². The maximum atomic E-state index is 5.62. The van der Waals surface area contributed by atoms with Crippen LogP contribution in [0.5, 0.6) is 5.75 Å². The fourth-order valence-corrected chi connectivity index (χ4v) is 1.66. The van der Waals surface area contributed by atoms with Gasteiger partial charge in [0.25, 0.3) is 0 Å². The van der Waals surface area contributed by atoms with Gasteiger partial charge in [0.15, 0.2) is 0 Å². The molecule has 4 nitrogen and oxygen atoms in total. The Kier molecular flexibility index (Phi) is 8.18. The molecular weight excluding hydrogens is 274 g/mol. The van der Waals surface area contributed by atoms with Crippen molar-refractivity contribution in [3.05, 3.63) is 29.8 Å². The Balaban J connectivity index is 2.09. The van der Waals surface area contributed by atoms with E-state index < -0.39 is 0 Å². The summed E-state index contributed by atoms with van der Waals surface area (Å²) in [5.74, 6) is 0.776. The monoisotopic (exact) mass is 297 g/mol. The molecule has 0 fully saturated rings. The SMILES string of the molecule is CC(C)OCCOCCCOc1cccc(C(N)=S)c1. The van der Waals surface area contributed by atoms with Crippen LogP contribution in [-0.2, 0) is 9.47 Å². The third kappa shape index (κ3) is 7.43. The molecule has 0 radical (unpaired) electrons. The molecule has 112 valence electrons. The number of hydrogen-bond donors (Lipinski definition) is 1. The Morgan fingerprint density at radius 3 is 2.70 bits per heavy atom. The summed E-state index contributed by atoms with van der Waals surface area (Å²) in [6.45, 7) is 6.54. The summed E-state index contributed by atoms with van der Waals surface area (Å²) in [4.78, 5) is 0.379. The highest BCUT2D eigenvalue weighted by atomic mass is 32.1. The molecule has 0 heterocycles. The highest BCUT2D eigenvalue weighted by molar-refractivity contribution is 7.80. The number of rotatable bonds is 10. The van der Waals surface area contributed by atoms with Crippen molar-refractivity contribution in [2.24, 2.45) is 5.73 Å². The fraction of sp³-hybridized carbons (Fsp3) is 0.533. The van der Waals surface area contributed by atoms with Crippen LogP contribution in [0.3, 0.4) is 0 Å². The van der Waals surface area contributed by atoms with Crippen LogP contribution in [0.4, 0.5) is 0 Å². The van der Waals surface area contributed by atoms with Gasteiger partial charge in [-0.25, -0.2) is 0 Å². The second kappa shape index (κ2) is 9.69. The molecule has 0 bridgehead atoms. The average molecular weight is 297 g/mol. The van der Waals surface area contributed by atoms with Crippen LogP contribution < -0.4 is 10.5 Å². The van der Waals surface area contributed by atoms with Gasteiger partial charge < -0.3 is 19.9 Å². The molecule has 0 amide bonds. The maximum Gasteiger partial charge on any atom is 0.119 e. The van der Waals surface area contributed by atoms with Crippen LogP contribution in [0, 0.1) is 0 Å². The minimum absolute atomic E-state index is 0.253. The lowest BCUT2D eigenvalue weighted by Crippen LogP contribution is -2.11. The van der Waals surface area contributed by atoms with E-state index in [0.29, 0.717) is 31.4 Å². The molecule has 2 N–H and O–H groups in total. The number of hydrogen-bond acceptors (Lipinski definition) is 4. The van der Waals surface area contributed by atoms with Crippen LogP contribution in [0.1, 0.15) is 25.8 Å². The second-order valence-electron chi connectivity index (χ2n) is 4.63. The highest BCUT2D eigenvalue weighted by Crippen LogP contribution is 2.13. The molecular formula is C15H23NO3S. The standard InChI is InChI=1S/C15H23NO3S/c1-12(2)18-10-9-17-7-4-8-19-14-6-3-5-13(11-14)15(16)20/h3,5-6,11-12H,4,7-10H2,1-2H3,(H2,16,20). The predicted molar refractivity (Wildman–Crippen MR) is 84.3 cm³/mol. The third-order valence-corrected chi connectivity index (χ3v) is 2.73. The van der Waals surface area contributed by atoms with Gasteiger partial charge in [-0.3, -0.25) is 0 Å². The van der Waals surface area contributed by atoms with E-state index in [-0.39, 0.29) is 6.10 Å². The molecule has 0 aromatic heterocycles. The zero-order chi connectivity index (χ0) is 14.8. The van der Waals surface area contributed by atoms with E-state index in [4.69, 9.17) is 32.2 Å². The Hall–Kier alpha value is -1.17. The number of thiocarbonyl (C=S) groups is 1. The molecule has 20 heavy (non-hydrogen) atoms. The van der Waals surface area contributed by atoms with Crippen molar-refractivity contribution < 1.29 is 14.2 Å². The zero-order valence-electron chi connectivity index (χ0n) is 12.1. The zero-order valence-corrected chi connectivity index (χ0v) is 12.9. The molecule has 1 aromatic rings. The summed E-state index contributed by atoms with van der Waals surface area (Å²) in [6.07, 6.45) is 1.08. The van der Waals surface area contributed by atoms with Crippen LogP contribution in [0.25, 0.3) is 0 Å². The normalized spacial score (nSPS) is 10.8. The Morgan fingerprint density at radius 1 is 1.20 bits per heavy atom. The lowest BCUT2D eigenvalue weighted by atomic mass is 10.2. The van der Waals surface area contributed by atoms with Gasteiger partial charge in [0.1, 0.15) is 10.7 Å². The van der Waals surface area contributed by atoms with Gasteiger partial charge in [0, 0.05) is 18.6 Å². The van der Waals surface area contributed by atoms with Crippen molar-refractivity contribution in [1.82, 2.24) is 0 Å². The second-order valence-corrected chi connectivity index (χ2v) is 5.07. The predicted octanol–water partition coefficient (Wildman–Crippen LogP) is 2.53. The summed E-state index contributed by atoms with van der Waals surface area (Å²) in [5, 5.41) is 0. The van der Waals surface area contributed by atoms with E-state index >= 15 is 0 Å². The molecule has 0 saturated heterocycles. The quantitative estimate of drug-likeness (QED) is 0.531. The molecule has 5 heteroatoms. The van der Waals surface area contributed by atoms with Crippen LogP contribution in [0.15, 0.2) is 24.3 Å². The number of benzene rings is 1. The molecule has 0 unspecified atom stereocenters. The summed E-state index contributed by atoms with van der Waals surface area (Å²) >= 11 is 4.92. The first kappa shape index (κ1) is 16.9. The van der Waals surface area contributed by atoms with Crippen LogP contribution in [0.2, 0.25) is 0 Å². The van der Waals surface area contributed by atoms with Crippen LogP contribution >= 0.6 is 12.2 Å². The lowest BCUT2D eigenvalue weighted by molar-refractivity contribution is 0.0170. The Morgan fingerprint density at radius 2 is 2.00 bits per heavy atom. The van der Waals surface area contributed by atoms with E-state index in [1.54, 1.807) is 0 Å². The molecule has 0 atom stereocenters. The van der Waals surface area contributed by atoms with E-state index in [1.165, 1.54) is 0 Å². The largest absolute Gasteiger partial charge is 0.493 e. The molecule has 0 saturated carbocycles. The highest BCUT2D eigenvalue weighted by Gasteiger charge is 1.99. The van der Waals surface area contributed by atoms with Gasteiger partial charge in [0.2, 0.25) is 0 Å². The third-order valence-electron chi connectivity index (χ3n) is 2.50. The van der Waals surface area contributed by atoms with E-state index in [2.05, 4.69) is 0 Å². The minimum Gasteiger partial charge on any atom is -0.493 e. The fourth-order valence-electron chi connectivity index (χ4n) is 1.53. The lowest BCUT2D eigenvalue weighted by Gasteiger charge is -2.09. The number of nitrogens with two attached hydrogens (primary N) is 1. The Labute approximate surface area is 126 Å². The first-order valence-electron chi connectivity index (χ1n) is 6.81. The van der Waals surface area contributed by atoms with Gasteiger partial charge in [0.05, 0.1) is 25.9 Å². The summed E-state index contributed by atoms with van der Waals surface area (Å²) in [6, 6.07) is 7.48. The van der Waals surface area contributed by atoms with E-state index in [9.17, 15) is 0 Å². The van der Waals surface area contributed by atoms with Crippen molar-refractivity contribution in [2.45, 2.75) is 26.4 Å². The van der Waals surface area contributed by atoms with Crippen molar-refractivity contribution in [1.29, 1.82) is 0 Å². The maximum absolute atomic E-state index is 5.62. The van der Waals surface area contributed by atoms with Gasteiger partial charge in [-0.1, -0.05) is 24.4 Å². The Bertz CT molecular complexity index is 410. The minimum atomic E-state index is 0.253. The molecule has 0 spiro atoms. The van der Waals surface area contributed by atoms with Gasteiger partial charge in [-0.15, -0.1) is 0 Å². The molecule has 0 aliphatic carbocycles. The van der Waals surface area contributed by atoms with Gasteiger partial charge in [-0.2, -0.15) is 0 Å².